The van der Waals surface area contributed by atoms with Crippen molar-refractivity contribution in [2.75, 3.05) is 6.61 Å². The van der Waals surface area contributed by atoms with Crippen molar-refractivity contribution in [1.82, 2.24) is 0 Å². The van der Waals surface area contributed by atoms with Crippen LogP contribution in [0, 0.1) is 10.1 Å². The van der Waals surface area contributed by atoms with Crippen molar-refractivity contribution in [3.8, 4) is 5.75 Å². The number of benzene rings is 1. The van der Waals surface area contributed by atoms with Crippen LogP contribution in [-0.2, 0) is 12.3 Å². The number of ether oxygens (including phenoxy) is 1. The molecule has 0 amide bonds. The highest BCUT2D eigenvalue weighted by Gasteiger charge is 2.11. The Morgan fingerprint density at radius 2 is 2.21 bits per heavy atom. The van der Waals surface area contributed by atoms with Crippen molar-refractivity contribution in [3.05, 3.63) is 56.3 Å². The fourth-order valence-corrected chi connectivity index (χ4v) is 2.55. The summed E-state index contributed by atoms with van der Waals surface area (Å²) in [7, 11) is 0. The molecule has 0 N–H and O–H groups in total. The summed E-state index contributed by atoms with van der Waals surface area (Å²) >= 11 is 7.43. The Morgan fingerprint density at radius 3 is 2.84 bits per heavy atom. The number of nitro benzene ring substituents is 1. The van der Waals surface area contributed by atoms with Gasteiger partial charge in [0.1, 0.15) is 5.75 Å². The topological polar surface area (TPSA) is 52.4 Å². The van der Waals surface area contributed by atoms with Crippen LogP contribution in [-0.4, -0.2) is 11.5 Å². The van der Waals surface area contributed by atoms with Gasteiger partial charge in [-0.2, -0.15) is 11.3 Å². The fourth-order valence-electron chi connectivity index (χ4n) is 1.64. The van der Waals surface area contributed by atoms with Gasteiger partial charge in [0, 0.05) is 24.1 Å². The number of nitrogens with zero attached hydrogens (tertiary/aromatic N) is 1. The maximum Gasteiger partial charge on any atom is 0.270 e. The molecule has 1 aromatic carbocycles. The summed E-state index contributed by atoms with van der Waals surface area (Å²) in [6.45, 7) is 0.526. The molecule has 100 valence electrons. The number of hydrogen-bond acceptors (Lipinski definition) is 4. The van der Waals surface area contributed by atoms with E-state index < -0.39 is 4.92 Å². The molecule has 0 atom stereocenters. The molecule has 6 heteroatoms. The molecular formula is C13H12ClNO3S. The molecule has 0 aliphatic rings. The summed E-state index contributed by atoms with van der Waals surface area (Å²) in [6, 6.07) is 6.53. The predicted molar refractivity (Wildman–Crippen MR) is 76.2 cm³/mol. The zero-order valence-electron chi connectivity index (χ0n) is 10.0. The lowest BCUT2D eigenvalue weighted by Gasteiger charge is -2.09. The number of halogens is 1. The van der Waals surface area contributed by atoms with Crippen LogP contribution in [0.2, 0.25) is 0 Å². The van der Waals surface area contributed by atoms with E-state index in [-0.39, 0.29) is 11.6 Å². The predicted octanol–water partition coefficient (Wildman–Crippen LogP) is 4.02. The van der Waals surface area contributed by atoms with Crippen LogP contribution in [0.5, 0.6) is 5.75 Å². The minimum absolute atomic E-state index is 0.0286. The number of hydrogen-bond donors (Lipinski definition) is 0. The second-order valence-corrected chi connectivity index (χ2v) is 4.96. The standard InChI is InChI=1S/C13H12ClNO3S/c14-8-11-7-12(15(16)17)1-2-13(11)18-5-3-10-4-6-19-9-10/h1-2,4,6-7,9H,3,5,8H2. The summed E-state index contributed by atoms with van der Waals surface area (Å²) in [4.78, 5) is 10.2. The smallest absolute Gasteiger partial charge is 0.270 e. The van der Waals surface area contributed by atoms with Crippen LogP contribution in [0.3, 0.4) is 0 Å². The molecule has 1 aromatic heterocycles. The van der Waals surface area contributed by atoms with Gasteiger partial charge in [0.05, 0.1) is 17.4 Å². The van der Waals surface area contributed by atoms with Crippen molar-refractivity contribution in [2.24, 2.45) is 0 Å². The quantitative estimate of drug-likeness (QED) is 0.460. The van der Waals surface area contributed by atoms with Crippen molar-refractivity contribution in [2.45, 2.75) is 12.3 Å². The average molecular weight is 298 g/mol. The molecule has 4 nitrogen and oxygen atoms in total. The molecule has 0 aliphatic carbocycles. The first-order valence-corrected chi connectivity index (χ1v) is 7.15. The summed E-state index contributed by atoms with van der Waals surface area (Å²) in [6.07, 6.45) is 0.808. The van der Waals surface area contributed by atoms with E-state index >= 15 is 0 Å². The molecule has 0 bridgehead atoms. The monoisotopic (exact) mass is 297 g/mol. The van der Waals surface area contributed by atoms with Gasteiger partial charge in [-0.1, -0.05) is 0 Å². The Kier molecular flexibility index (Phi) is 4.76. The van der Waals surface area contributed by atoms with Gasteiger partial charge in [0.25, 0.3) is 5.69 Å². The summed E-state index contributed by atoms with van der Waals surface area (Å²) < 4.78 is 5.63. The molecule has 0 aliphatic heterocycles. The average Bonchev–Trinajstić information content (AvgIpc) is 2.92. The highest BCUT2D eigenvalue weighted by atomic mass is 35.5. The second-order valence-electron chi connectivity index (χ2n) is 3.91. The molecule has 0 saturated carbocycles. The second kappa shape index (κ2) is 6.54. The third-order valence-electron chi connectivity index (χ3n) is 2.63. The van der Waals surface area contributed by atoms with E-state index in [1.165, 1.54) is 17.7 Å². The van der Waals surface area contributed by atoms with E-state index in [0.717, 1.165) is 6.42 Å². The van der Waals surface area contributed by atoms with Crippen LogP contribution < -0.4 is 4.74 Å². The third kappa shape index (κ3) is 3.68. The number of alkyl halides is 1. The molecular weight excluding hydrogens is 286 g/mol. The van der Waals surface area contributed by atoms with E-state index in [9.17, 15) is 10.1 Å². The lowest BCUT2D eigenvalue weighted by molar-refractivity contribution is -0.384. The zero-order chi connectivity index (χ0) is 13.7. The third-order valence-corrected chi connectivity index (χ3v) is 3.65. The normalized spacial score (nSPS) is 10.4. The van der Waals surface area contributed by atoms with Crippen molar-refractivity contribution in [1.29, 1.82) is 0 Å². The van der Waals surface area contributed by atoms with Crippen LogP contribution in [0.1, 0.15) is 11.1 Å². The Bertz CT molecular complexity index is 557. The van der Waals surface area contributed by atoms with Gasteiger partial charge in [-0.05, 0) is 28.5 Å². The summed E-state index contributed by atoms with van der Waals surface area (Å²) in [5.74, 6) is 0.797. The van der Waals surface area contributed by atoms with E-state index in [4.69, 9.17) is 16.3 Å². The first-order valence-electron chi connectivity index (χ1n) is 5.68. The Labute approximate surface area is 119 Å². The lowest BCUT2D eigenvalue weighted by Crippen LogP contribution is -2.03. The molecule has 0 radical (unpaired) electrons. The van der Waals surface area contributed by atoms with Crippen LogP contribution >= 0.6 is 22.9 Å². The molecule has 0 unspecified atom stereocenters. The van der Waals surface area contributed by atoms with Crippen molar-refractivity contribution < 1.29 is 9.66 Å². The number of nitro groups is 1. The van der Waals surface area contributed by atoms with E-state index in [1.54, 1.807) is 17.4 Å². The number of rotatable bonds is 6. The van der Waals surface area contributed by atoms with Gasteiger partial charge in [-0.3, -0.25) is 10.1 Å². The maximum atomic E-state index is 10.7. The minimum atomic E-state index is -0.439. The molecule has 2 aromatic rings. The summed E-state index contributed by atoms with van der Waals surface area (Å²) in [5, 5.41) is 14.8. The summed E-state index contributed by atoms with van der Waals surface area (Å²) in [5.41, 5.74) is 1.89. The van der Waals surface area contributed by atoms with Gasteiger partial charge in [0.15, 0.2) is 0 Å². The van der Waals surface area contributed by atoms with Gasteiger partial charge in [-0.15, -0.1) is 11.6 Å². The maximum absolute atomic E-state index is 10.7. The highest BCUT2D eigenvalue weighted by Crippen LogP contribution is 2.25. The van der Waals surface area contributed by atoms with Gasteiger partial charge in [0.2, 0.25) is 0 Å². The van der Waals surface area contributed by atoms with E-state index in [0.29, 0.717) is 17.9 Å². The first kappa shape index (κ1) is 13.8. The Morgan fingerprint density at radius 1 is 1.37 bits per heavy atom. The molecule has 0 fully saturated rings. The van der Waals surface area contributed by atoms with Gasteiger partial charge >= 0.3 is 0 Å². The SMILES string of the molecule is O=[N+]([O-])c1ccc(OCCc2ccsc2)c(CCl)c1. The van der Waals surface area contributed by atoms with Crippen molar-refractivity contribution >= 4 is 28.6 Å². The Hall–Kier alpha value is -1.59. The highest BCUT2D eigenvalue weighted by molar-refractivity contribution is 7.07. The minimum Gasteiger partial charge on any atom is -0.493 e. The molecule has 0 saturated heterocycles. The molecule has 2 rings (SSSR count). The molecule has 0 spiro atoms. The van der Waals surface area contributed by atoms with E-state index in [2.05, 4.69) is 5.38 Å². The first-order chi connectivity index (χ1) is 9.20. The van der Waals surface area contributed by atoms with Crippen LogP contribution in [0.25, 0.3) is 0 Å². The van der Waals surface area contributed by atoms with Crippen LogP contribution in [0.4, 0.5) is 5.69 Å². The van der Waals surface area contributed by atoms with Crippen LogP contribution in [0.15, 0.2) is 35.0 Å². The fraction of sp³-hybridized carbons (Fsp3) is 0.231. The lowest BCUT2D eigenvalue weighted by atomic mass is 10.2. The van der Waals surface area contributed by atoms with Gasteiger partial charge in [-0.25, -0.2) is 0 Å². The van der Waals surface area contributed by atoms with E-state index in [1.807, 2.05) is 11.4 Å². The number of thiophene rings is 1. The van der Waals surface area contributed by atoms with Crippen molar-refractivity contribution in [3.63, 3.8) is 0 Å². The zero-order valence-corrected chi connectivity index (χ0v) is 11.6. The number of non-ortho nitro benzene ring substituents is 1. The van der Waals surface area contributed by atoms with Gasteiger partial charge < -0.3 is 4.74 Å². The largest absolute Gasteiger partial charge is 0.493 e. The molecule has 1 heterocycles. The Balaban J connectivity index is 2.01. The molecule has 19 heavy (non-hydrogen) atoms.